The van der Waals surface area contributed by atoms with Crippen LogP contribution in [-0.2, 0) is 6.54 Å². The summed E-state index contributed by atoms with van der Waals surface area (Å²) < 4.78 is 0. The van der Waals surface area contributed by atoms with E-state index in [-0.39, 0.29) is 0 Å². The van der Waals surface area contributed by atoms with Crippen molar-refractivity contribution in [2.24, 2.45) is 0 Å². The molecule has 0 amide bonds. The molecule has 2 rings (SSSR count). The van der Waals surface area contributed by atoms with Crippen LogP contribution in [0.3, 0.4) is 0 Å². The van der Waals surface area contributed by atoms with Crippen LogP contribution in [-0.4, -0.2) is 55.1 Å². The predicted octanol–water partition coefficient (Wildman–Crippen LogP) is 0.256. The Balaban J connectivity index is 2.09. The molecule has 0 saturated carbocycles. The predicted molar refractivity (Wildman–Crippen MR) is 69.2 cm³/mol. The van der Waals surface area contributed by atoms with E-state index in [0.29, 0.717) is 0 Å². The quantitative estimate of drug-likeness (QED) is 0.814. The Morgan fingerprint density at radius 2 is 2.00 bits per heavy atom. The number of nitrogens with zero attached hydrogens (tertiary/aromatic N) is 4. The van der Waals surface area contributed by atoms with Crippen LogP contribution in [0.15, 0.2) is 6.07 Å². The van der Waals surface area contributed by atoms with Crippen molar-refractivity contribution in [1.29, 1.82) is 0 Å². The second kappa shape index (κ2) is 5.42. The zero-order valence-electron chi connectivity index (χ0n) is 10.9. The number of rotatable bonds is 3. The molecule has 0 unspecified atom stereocenters. The Labute approximate surface area is 103 Å². The molecule has 1 aromatic rings. The molecular formula is C12H21N5. The Bertz CT molecular complexity index is 371. The normalized spacial score (nSPS) is 17.1. The van der Waals surface area contributed by atoms with Crippen LogP contribution in [0.1, 0.15) is 11.4 Å². The zero-order valence-corrected chi connectivity index (χ0v) is 10.9. The molecule has 1 aromatic heterocycles. The number of anilines is 1. The Morgan fingerprint density at radius 1 is 1.29 bits per heavy atom. The average molecular weight is 235 g/mol. The molecule has 1 saturated heterocycles. The van der Waals surface area contributed by atoms with Crippen molar-refractivity contribution >= 4 is 5.95 Å². The van der Waals surface area contributed by atoms with Gasteiger partial charge in [0.25, 0.3) is 0 Å². The van der Waals surface area contributed by atoms with Gasteiger partial charge in [-0.1, -0.05) is 0 Å². The van der Waals surface area contributed by atoms with Crippen molar-refractivity contribution in [3.05, 3.63) is 17.5 Å². The monoisotopic (exact) mass is 235 g/mol. The Kier molecular flexibility index (Phi) is 3.91. The highest BCUT2D eigenvalue weighted by atomic mass is 15.2. The molecule has 17 heavy (non-hydrogen) atoms. The number of hydrogen-bond donors (Lipinski definition) is 1. The van der Waals surface area contributed by atoms with Gasteiger partial charge in [0.1, 0.15) is 0 Å². The van der Waals surface area contributed by atoms with Crippen LogP contribution in [0, 0.1) is 6.92 Å². The Hall–Kier alpha value is -1.20. The summed E-state index contributed by atoms with van der Waals surface area (Å²) in [5, 5.41) is 3.36. The zero-order chi connectivity index (χ0) is 12.3. The molecule has 5 nitrogen and oxygen atoms in total. The second-order valence-corrected chi connectivity index (χ2v) is 4.72. The highest BCUT2D eigenvalue weighted by molar-refractivity contribution is 5.29. The van der Waals surface area contributed by atoms with Crippen molar-refractivity contribution in [3.8, 4) is 0 Å². The van der Waals surface area contributed by atoms with Gasteiger partial charge in [-0.25, -0.2) is 9.97 Å². The van der Waals surface area contributed by atoms with E-state index in [2.05, 4.69) is 26.3 Å². The van der Waals surface area contributed by atoms with E-state index in [0.717, 1.165) is 50.1 Å². The number of hydrogen-bond acceptors (Lipinski definition) is 5. The SMILES string of the molecule is Cc1cc(CN2CCNCC2)nc(N(C)C)n1. The largest absolute Gasteiger partial charge is 0.347 e. The van der Waals surface area contributed by atoms with Gasteiger partial charge in [-0.3, -0.25) is 4.90 Å². The molecule has 0 radical (unpaired) electrons. The third-order valence-electron chi connectivity index (χ3n) is 2.89. The topological polar surface area (TPSA) is 44.3 Å². The van der Waals surface area contributed by atoms with Crippen LogP contribution >= 0.6 is 0 Å². The fourth-order valence-corrected chi connectivity index (χ4v) is 2.00. The number of aryl methyl sites for hydroxylation is 1. The first kappa shape index (κ1) is 12.3. The molecule has 1 fully saturated rings. The molecule has 0 aromatic carbocycles. The summed E-state index contributed by atoms with van der Waals surface area (Å²) in [5.74, 6) is 0.801. The fourth-order valence-electron chi connectivity index (χ4n) is 2.00. The van der Waals surface area contributed by atoms with E-state index in [1.165, 1.54) is 0 Å². The average Bonchev–Trinajstić information content (AvgIpc) is 2.29. The fraction of sp³-hybridized carbons (Fsp3) is 0.667. The van der Waals surface area contributed by atoms with Gasteiger partial charge in [-0.05, 0) is 13.0 Å². The molecule has 0 bridgehead atoms. The van der Waals surface area contributed by atoms with E-state index < -0.39 is 0 Å². The summed E-state index contributed by atoms with van der Waals surface area (Å²) in [6, 6.07) is 2.08. The lowest BCUT2D eigenvalue weighted by molar-refractivity contribution is 0.230. The third kappa shape index (κ3) is 3.38. The van der Waals surface area contributed by atoms with Crippen molar-refractivity contribution < 1.29 is 0 Å². The van der Waals surface area contributed by atoms with Gasteiger partial charge < -0.3 is 10.2 Å². The number of piperazine rings is 1. The molecule has 5 heteroatoms. The molecule has 0 spiro atoms. The molecule has 0 atom stereocenters. The maximum Gasteiger partial charge on any atom is 0.225 e. The first-order chi connectivity index (χ1) is 8.15. The molecular weight excluding hydrogens is 214 g/mol. The van der Waals surface area contributed by atoms with Crippen molar-refractivity contribution in [3.63, 3.8) is 0 Å². The van der Waals surface area contributed by atoms with Crippen molar-refractivity contribution in [1.82, 2.24) is 20.2 Å². The van der Waals surface area contributed by atoms with Crippen molar-refractivity contribution in [2.45, 2.75) is 13.5 Å². The van der Waals surface area contributed by atoms with Gasteiger partial charge in [-0.2, -0.15) is 0 Å². The summed E-state index contributed by atoms with van der Waals surface area (Å²) in [6.07, 6.45) is 0. The van der Waals surface area contributed by atoms with Crippen LogP contribution in [0.25, 0.3) is 0 Å². The summed E-state index contributed by atoms with van der Waals surface area (Å²) in [7, 11) is 3.95. The van der Waals surface area contributed by atoms with E-state index >= 15 is 0 Å². The van der Waals surface area contributed by atoms with E-state index in [4.69, 9.17) is 0 Å². The van der Waals surface area contributed by atoms with Gasteiger partial charge in [0, 0.05) is 52.5 Å². The lowest BCUT2D eigenvalue weighted by Crippen LogP contribution is -2.43. The van der Waals surface area contributed by atoms with Gasteiger partial charge in [-0.15, -0.1) is 0 Å². The summed E-state index contributed by atoms with van der Waals surface area (Å²) in [5.41, 5.74) is 2.15. The second-order valence-electron chi connectivity index (χ2n) is 4.72. The lowest BCUT2D eigenvalue weighted by atomic mass is 10.3. The first-order valence-electron chi connectivity index (χ1n) is 6.10. The summed E-state index contributed by atoms with van der Waals surface area (Å²) >= 11 is 0. The smallest absolute Gasteiger partial charge is 0.225 e. The highest BCUT2D eigenvalue weighted by Gasteiger charge is 2.12. The van der Waals surface area contributed by atoms with E-state index in [9.17, 15) is 0 Å². The standard InChI is InChI=1S/C12H21N5/c1-10-8-11(15-12(14-10)16(2)3)9-17-6-4-13-5-7-17/h8,13H,4-7,9H2,1-3H3. The van der Waals surface area contributed by atoms with E-state index in [1.54, 1.807) is 0 Å². The highest BCUT2D eigenvalue weighted by Crippen LogP contribution is 2.10. The van der Waals surface area contributed by atoms with E-state index in [1.807, 2.05) is 25.9 Å². The van der Waals surface area contributed by atoms with Crippen LogP contribution in [0.4, 0.5) is 5.95 Å². The van der Waals surface area contributed by atoms with Gasteiger partial charge in [0.15, 0.2) is 0 Å². The van der Waals surface area contributed by atoms with Crippen LogP contribution in [0.2, 0.25) is 0 Å². The molecule has 2 heterocycles. The van der Waals surface area contributed by atoms with Gasteiger partial charge in [0.05, 0.1) is 5.69 Å². The van der Waals surface area contributed by atoms with Crippen LogP contribution < -0.4 is 10.2 Å². The minimum Gasteiger partial charge on any atom is -0.347 e. The summed E-state index contributed by atoms with van der Waals surface area (Å²) in [4.78, 5) is 13.4. The minimum atomic E-state index is 0.801. The van der Waals surface area contributed by atoms with Gasteiger partial charge in [0.2, 0.25) is 5.95 Å². The first-order valence-corrected chi connectivity index (χ1v) is 6.10. The maximum absolute atomic E-state index is 4.58. The molecule has 94 valence electrons. The summed E-state index contributed by atoms with van der Waals surface area (Å²) in [6.45, 7) is 7.29. The Morgan fingerprint density at radius 3 is 2.65 bits per heavy atom. The molecule has 1 N–H and O–H groups in total. The minimum absolute atomic E-state index is 0.801. The van der Waals surface area contributed by atoms with Crippen LogP contribution in [0.5, 0.6) is 0 Å². The molecule has 0 aliphatic carbocycles. The third-order valence-corrected chi connectivity index (χ3v) is 2.89. The maximum atomic E-state index is 4.58. The van der Waals surface area contributed by atoms with Gasteiger partial charge >= 0.3 is 0 Å². The molecule has 1 aliphatic heterocycles. The molecule has 1 aliphatic rings. The lowest BCUT2D eigenvalue weighted by Gasteiger charge is -2.27. The number of aromatic nitrogens is 2. The van der Waals surface area contributed by atoms with Crippen molar-refractivity contribution in [2.75, 3.05) is 45.2 Å². The number of nitrogens with one attached hydrogen (secondary N) is 1.